The van der Waals surface area contributed by atoms with Gasteiger partial charge in [0, 0.05) is 0 Å². The molecule has 3 rings (SSSR count). The van der Waals surface area contributed by atoms with Gasteiger partial charge < -0.3 is 5.11 Å². The second-order valence-electron chi connectivity index (χ2n) is 10.4. The Kier molecular flexibility index (Phi) is 6.96. The van der Waals surface area contributed by atoms with E-state index in [9.17, 15) is 9.90 Å². The molecule has 3 aliphatic carbocycles. The van der Waals surface area contributed by atoms with Crippen LogP contribution in [-0.2, 0) is 4.79 Å². The van der Waals surface area contributed by atoms with E-state index in [0.29, 0.717) is 5.41 Å². The first-order valence-corrected chi connectivity index (χ1v) is 12.3. The van der Waals surface area contributed by atoms with E-state index in [-0.39, 0.29) is 5.41 Å². The first kappa shape index (κ1) is 21.2. The monoisotopic (exact) mass is 376 g/mol. The molecule has 0 aliphatic heterocycles. The molecule has 27 heavy (non-hydrogen) atoms. The predicted molar refractivity (Wildman–Crippen MR) is 113 cm³/mol. The van der Waals surface area contributed by atoms with Crippen molar-refractivity contribution < 1.29 is 9.90 Å². The molecule has 0 aromatic carbocycles. The molecule has 0 unspecified atom stereocenters. The van der Waals surface area contributed by atoms with Gasteiger partial charge in [0.15, 0.2) is 0 Å². The van der Waals surface area contributed by atoms with Crippen molar-refractivity contribution in [2.45, 2.75) is 129 Å². The third kappa shape index (κ3) is 3.84. The summed E-state index contributed by atoms with van der Waals surface area (Å²) in [6, 6.07) is 0. The summed E-state index contributed by atoms with van der Waals surface area (Å²) in [5, 5.41) is 10.4. The Labute approximate surface area is 167 Å². The minimum Gasteiger partial charge on any atom is -0.481 e. The van der Waals surface area contributed by atoms with Crippen molar-refractivity contribution in [1.29, 1.82) is 0 Å². The minimum atomic E-state index is -0.462. The predicted octanol–water partition coefficient (Wildman–Crippen LogP) is 7.75. The van der Waals surface area contributed by atoms with Gasteiger partial charge in [-0.1, -0.05) is 65.2 Å². The second-order valence-corrected chi connectivity index (χ2v) is 10.4. The molecule has 2 nitrogen and oxygen atoms in total. The molecule has 3 fully saturated rings. The summed E-state index contributed by atoms with van der Waals surface area (Å²) in [5.41, 5.74) is 0.173. The topological polar surface area (TPSA) is 37.3 Å². The van der Waals surface area contributed by atoms with E-state index in [2.05, 4.69) is 13.8 Å². The van der Waals surface area contributed by atoms with Crippen molar-refractivity contribution in [2.75, 3.05) is 0 Å². The minimum absolute atomic E-state index is 0.0694. The highest BCUT2D eigenvalue weighted by atomic mass is 16.4. The van der Waals surface area contributed by atoms with Crippen LogP contribution in [0.3, 0.4) is 0 Å². The van der Waals surface area contributed by atoms with Crippen LogP contribution in [0.4, 0.5) is 0 Å². The van der Waals surface area contributed by atoms with Gasteiger partial charge >= 0.3 is 5.97 Å². The smallest absolute Gasteiger partial charge is 0.310 e. The van der Waals surface area contributed by atoms with Crippen LogP contribution in [0, 0.1) is 22.2 Å². The van der Waals surface area contributed by atoms with Crippen molar-refractivity contribution in [3.05, 3.63) is 0 Å². The summed E-state index contributed by atoms with van der Waals surface area (Å²) in [6.45, 7) is 4.63. The van der Waals surface area contributed by atoms with E-state index in [1.807, 2.05) is 0 Å². The van der Waals surface area contributed by atoms with Crippen LogP contribution in [0.5, 0.6) is 0 Å². The lowest BCUT2D eigenvalue weighted by Gasteiger charge is -2.58. The molecule has 3 aliphatic rings. The molecular formula is C25H44O2. The molecule has 0 saturated heterocycles. The summed E-state index contributed by atoms with van der Waals surface area (Å²) in [6.07, 6.45) is 22.4. The third-order valence-electron chi connectivity index (χ3n) is 9.28. The van der Waals surface area contributed by atoms with E-state index in [4.69, 9.17) is 0 Å². The second kappa shape index (κ2) is 8.87. The van der Waals surface area contributed by atoms with Crippen LogP contribution in [0.1, 0.15) is 129 Å². The van der Waals surface area contributed by atoms with Gasteiger partial charge in [-0.05, 0) is 81.0 Å². The number of rotatable bonds is 7. The van der Waals surface area contributed by atoms with Gasteiger partial charge in [-0.2, -0.15) is 0 Å². The lowest BCUT2D eigenvalue weighted by Crippen LogP contribution is -2.53. The Balaban J connectivity index is 1.85. The Bertz CT molecular complexity index is 475. The number of aliphatic carboxylic acids is 1. The fourth-order valence-corrected chi connectivity index (χ4v) is 7.87. The lowest BCUT2D eigenvalue weighted by atomic mass is 9.46. The van der Waals surface area contributed by atoms with Gasteiger partial charge in [0.2, 0.25) is 0 Å². The number of carbonyl (C=O) groups is 1. The number of carboxylic acid groups (broad SMARTS) is 1. The van der Waals surface area contributed by atoms with Crippen LogP contribution in [0.25, 0.3) is 0 Å². The highest BCUT2D eigenvalue weighted by molar-refractivity contribution is 5.76. The van der Waals surface area contributed by atoms with E-state index in [0.717, 1.165) is 44.4 Å². The molecule has 0 atom stereocenters. The summed E-state index contributed by atoms with van der Waals surface area (Å²) >= 11 is 0. The van der Waals surface area contributed by atoms with Gasteiger partial charge in [0.25, 0.3) is 0 Å². The zero-order valence-electron chi connectivity index (χ0n) is 18.2. The quantitative estimate of drug-likeness (QED) is 0.493. The third-order valence-corrected chi connectivity index (χ3v) is 9.28. The molecule has 1 N–H and O–H groups in total. The van der Waals surface area contributed by atoms with Crippen molar-refractivity contribution in [1.82, 2.24) is 0 Å². The Hall–Kier alpha value is -0.530. The maximum Gasteiger partial charge on any atom is 0.310 e. The zero-order valence-corrected chi connectivity index (χ0v) is 18.2. The summed E-state index contributed by atoms with van der Waals surface area (Å²) in [5.74, 6) is 0.453. The molecule has 0 amide bonds. The standard InChI is InChI=1S/C25H44O2/c1-3-13-23(21-11-7-5-8-12-21)17-19-24(14-4-2,20-18-23)25(22(26)27)15-9-6-10-16-25/h21H,3-20H2,1-2H3,(H,26,27). The fraction of sp³-hybridized carbons (Fsp3) is 0.960. The Morgan fingerprint density at radius 1 is 0.778 bits per heavy atom. The Morgan fingerprint density at radius 3 is 1.85 bits per heavy atom. The molecule has 156 valence electrons. The van der Waals surface area contributed by atoms with Crippen molar-refractivity contribution >= 4 is 5.97 Å². The highest BCUT2D eigenvalue weighted by Gasteiger charge is 2.58. The molecule has 3 saturated carbocycles. The summed E-state index contributed by atoms with van der Waals surface area (Å²) < 4.78 is 0. The van der Waals surface area contributed by atoms with Gasteiger partial charge in [-0.25, -0.2) is 0 Å². The van der Waals surface area contributed by atoms with Crippen molar-refractivity contribution in [3.63, 3.8) is 0 Å². The number of carboxylic acids is 1. The molecule has 0 bridgehead atoms. The SMILES string of the molecule is CCCC1(C2CCCCC2)CCC(CCC)(C2(C(=O)O)CCCCC2)CC1. The summed E-state index contributed by atoms with van der Waals surface area (Å²) in [4.78, 5) is 12.6. The first-order valence-electron chi connectivity index (χ1n) is 12.3. The molecule has 0 radical (unpaired) electrons. The van der Waals surface area contributed by atoms with Gasteiger partial charge in [0.05, 0.1) is 5.41 Å². The zero-order chi connectivity index (χ0) is 19.4. The maximum absolute atomic E-state index is 12.6. The van der Waals surface area contributed by atoms with E-state index in [1.165, 1.54) is 77.0 Å². The largest absolute Gasteiger partial charge is 0.481 e. The first-order chi connectivity index (χ1) is 13.0. The van der Waals surface area contributed by atoms with Crippen LogP contribution < -0.4 is 0 Å². The average Bonchev–Trinajstić information content (AvgIpc) is 2.71. The molecule has 2 heteroatoms. The molecule has 0 aromatic heterocycles. The summed E-state index contributed by atoms with van der Waals surface area (Å²) in [7, 11) is 0. The van der Waals surface area contributed by atoms with Crippen molar-refractivity contribution in [3.8, 4) is 0 Å². The van der Waals surface area contributed by atoms with Gasteiger partial charge in [-0.15, -0.1) is 0 Å². The fourth-order valence-electron chi connectivity index (χ4n) is 7.87. The van der Waals surface area contributed by atoms with Crippen LogP contribution in [0.2, 0.25) is 0 Å². The molecule has 0 heterocycles. The number of hydrogen-bond acceptors (Lipinski definition) is 1. The van der Waals surface area contributed by atoms with Crippen LogP contribution in [0.15, 0.2) is 0 Å². The van der Waals surface area contributed by atoms with Crippen LogP contribution in [-0.4, -0.2) is 11.1 Å². The number of hydrogen-bond donors (Lipinski definition) is 1. The van der Waals surface area contributed by atoms with Crippen molar-refractivity contribution in [2.24, 2.45) is 22.2 Å². The highest BCUT2D eigenvalue weighted by Crippen LogP contribution is 2.64. The lowest BCUT2D eigenvalue weighted by molar-refractivity contribution is -0.171. The molecular weight excluding hydrogens is 332 g/mol. The van der Waals surface area contributed by atoms with E-state index < -0.39 is 11.4 Å². The van der Waals surface area contributed by atoms with E-state index >= 15 is 0 Å². The van der Waals surface area contributed by atoms with E-state index in [1.54, 1.807) is 0 Å². The van der Waals surface area contributed by atoms with Gasteiger partial charge in [-0.3, -0.25) is 4.79 Å². The van der Waals surface area contributed by atoms with Gasteiger partial charge in [0.1, 0.15) is 0 Å². The molecule has 0 spiro atoms. The normalized spacial score (nSPS) is 35.0. The Morgan fingerprint density at radius 2 is 1.33 bits per heavy atom. The van der Waals surface area contributed by atoms with Crippen LogP contribution >= 0.6 is 0 Å². The maximum atomic E-state index is 12.6. The molecule has 0 aromatic rings. The average molecular weight is 377 g/mol.